The van der Waals surface area contributed by atoms with Crippen molar-refractivity contribution in [1.82, 2.24) is 4.98 Å². The topological polar surface area (TPSA) is 84.2 Å². The van der Waals surface area contributed by atoms with Crippen molar-refractivity contribution in [3.8, 4) is 11.3 Å². The predicted octanol–water partition coefficient (Wildman–Crippen LogP) is 5.17. The third-order valence-corrected chi connectivity index (χ3v) is 4.25. The number of hydrogen-bond donors (Lipinski definition) is 2. The van der Waals surface area contributed by atoms with Gasteiger partial charge in [0.05, 0.1) is 23.0 Å². The number of halogens is 5. The van der Waals surface area contributed by atoms with Gasteiger partial charge in [-0.3, -0.25) is 9.59 Å². The van der Waals surface area contributed by atoms with Crippen molar-refractivity contribution in [2.24, 2.45) is 0 Å². The Bertz CT molecular complexity index is 1140. The van der Waals surface area contributed by atoms with Crippen molar-refractivity contribution in [3.63, 3.8) is 0 Å². The number of nitrogens with one attached hydrogen (secondary N) is 2. The van der Waals surface area contributed by atoms with E-state index < -0.39 is 46.4 Å². The molecule has 0 aliphatic heterocycles. The van der Waals surface area contributed by atoms with Crippen LogP contribution in [0, 0.1) is 11.6 Å². The lowest BCUT2D eigenvalue weighted by atomic mass is 10.1. The molecule has 0 saturated heterocycles. The van der Waals surface area contributed by atoms with Crippen LogP contribution in [-0.2, 0) is 22.2 Å². The molecule has 0 radical (unpaired) electrons. The molecule has 168 valence electrons. The molecule has 0 spiro atoms. The molecule has 0 bridgehead atoms. The summed E-state index contributed by atoms with van der Waals surface area (Å²) in [6, 6.07) is 6.23. The molecule has 32 heavy (non-hydrogen) atoms. The SMILES string of the molecule is CC(=O)Nc1ccc(NC(=O)CCc2ncc(-c3c(F)cccc3F)o2)c(C(F)(F)F)c1. The number of benzene rings is 2. The van der Waals surface area contributed by atoms with Crippen LogP contribution in [-0.4, -0.2) is 16.8 Å². The van der Waals surface area contributed by atoms with E-state index in [4.69, 9.17) is 4.42 Å². The molecule has 1 aromatic heterocycles. The van der Waals surface area contributed by atoms with Crippen LogP contribution in [0.5, 0.6) is 0 Å². The fourth-order valence-electron chi connectivity index (χ4n) is 2.88. The van der Waals surface area contributed by atoms with Crippen molar-refractivity contribution in [1.29, 1.82) is 0 Å². The van der Waals surface area contributed by atoms with Crippen LogP contribution in [0.3, 0.4) is 0 Å². The fourth-order valence-corrected chi connectivity index (χ4v) is 2.88. The Morgan fingerprint density at radius 3 is 2.38 bits per heavy atom. The second-order valence-electron chi connectivity index (χ2n) is 6.70. The number of amides is 2. The minimum absolute atomic E-state index is 0.0187. The highest BCUT2D eigenvalue weighted by atomic mass is 19.4. The maximum Gasteiger partial charge on any atom is 0.418 e. The lowest BCUT2D eigenvalue weighted by Gasteiger charge is -2.15. The van der Waals surface area contributed by atoms with Crippen molar-refractivity contribution >= 4 is 23.2 Å². The van der Waals surface area contributed by atoms with Gasteiger partial charge in [-0.2, -0.15) is 13.2 Å². The number of nitrogens with zero attached hydrogens (tertiary/aromatic N) is 1. The number of carbonyl (C=O) groups is 2. The van der Waals surface area contributed by atoms with Crippen LogP contribution >= 0.6 is 0 Å². The van der Waals surface area contributed by atoms with E-state index in [1.165, 1.54) is 12.1 Å². The number of hydrogen-bond acceptors (Lipinski definition) is 4. The predicted molar refractivity (Wildman–Crippen MR) is 105 cm³/mol. The van der Waals surface area contributed by atoms with Gasteiger partial charge >= 0.3 is 6.18 Å². The van der Waals surface area contributed by atoms with Crippen molar-refractivity contribution in [3.05, 3.63) is 65.7 Å². The molecule has 0 unspecified atom stereocenters. The standard InChI is InChI=1S/C21H16F5N3O3/c1-11(30)28-12-5-6-16(13(9-12)21(24,25)26)29-18(31)7-8-19-27-10-17(32-19)20-14(22)3-2-4-15(20)23/h2-6,9-10H,7-8H2,1H3,(H,28,30)(H,29,31). The molecule has 2 amide bonds. The summed E-state index contributed by atoms with van der Waals surface area (Å²) in [5, 5.41) is 4.41. The average molecular weight is 453 g/mol. The lowest BCUT2D eigenvalue weighted by molar-refractivity contribution is -0.137. The van der Waals surface area contributed by atoms with E-state index in [0.717, 1.165) is 31.3 Å². The van der Waals surface area contributed by atoms with Crippen LogP contribution in [0.2, 0.25) is 0 Å². The number of aromatic nitrogens is 1. The summed E-state index contributed by atoms with van der Waals surface area (Å²) in [6.45, 7) is 1.15. The van der Waals surface area contributed by atoms with Gasteiger partial charge in [0.25, 0.3) is 0 Å². The van der Waals surface area contributed by atoms with Crippen LogP contribution < -0.4 is 10.6 Å². The van der Waals surface area contributed by atoms with E-state index in [9.17, 15) is 31.5 Å². The Balaban J connectivity index is 1.69. The highest BCUT2D eigenvalue weighted by Crippen LogP contribution is 2.36. The van der Waals surface area contributed by atoms with Crippen LogP contribution in [0.1, 0.15) is 24.8 Å². The highest BCUT2D eigenvalue weighted by Gasteiger charge is 2.34. The van der Waals surface area contributed by atoms with Gasteiger partial charge in [0.2, 0.25) is 11.8 Å². The van der Waals surface area contributed by atoms with Crippen LogP contribution in [0.4, 0.5) is 33.3 Å². The van der Waals surface area contributed by atoms with Gasteiger partial charge in [-0.25, -0.2) is 13.8 Å². The molecular weight excluding hydrogens is 437 g/mol. The normalized spacial score (nSPS) is 11.3. The molecule has 0 atom stereocenters. The van der Waals surface area contributed by atoms with Crippen molar-refractivity contribution in [2.75, 3.05) is 10.6 Å². The van der Waals surface area contributed by atoms with Crippen molar-refractivity contribution in [2.45, 2.75) is 25.9 Å². The molecule has 0 aliphatic rings. The molecule has 0 aliphatic carbocycles. The summed E-state index contributed by atoms with van der Waals surface area (Å²) in [6.07, 6.45) is -4.10. The zero-order valence-electron chi connectivity index (χ0n) is 16.5. The molecule has 2 aromatic carbocycles. The summed E-state index contributed by atoms with van der Waals surface area (Å²) >= 11 is 0. The van der Waals surface area contributed by atoms with E-state index >= 15 is 0 Å². The number of carbonyl (C=O) groups excluding carboxylic acids is 2. The smallest absolute Gasteiger partial charge is 0.418 e. The quantitative estimate of drug-likeness (QED) is 0.505. The lowest BCUT2D eigenvalue weighted by Crippen LogP contribution is -2.17. The Labute approximate surface area is 178 Å². The van der Waals surface area contributed by atoms with Gasteiger partial charge in [-0.1, -0.05) is 6.07 Å². The van der Waals surface area contributed by atoms with Gasteiger partial charge in [-0.05, 0) is 30.3 Å². The largest absolute Gasteiger partial charge is 0.441 e. The van der Waals surface area contributed by atoms with E-state index in [1.807, 2.05) is 0 Å². The molecule has 11 heteroatoms. The van der Waals surface area contributed by atoms with Gasteiger partial charge < -0.3 is 15.1 Å². The Morgan fingerprint density at radius 2 is 1.75 bits per heavy atom. The summed E-state index contributed by atoms with van der Waals surface area (Å²) in [5.74, 6) is -3.21. The van der Waals surface area contributed by atoms with Gasteiger partial charge in [-0.15, -0.1) is 0 Å². The number of aryl methyl sites for hydroxylation is 1. The average Bonchev–Trinajstić information content (AvgIpc) is 3.15. The fraction of sp³-hybridized carbons (Fsp3) is 0.190. The Hall–Kier alpha value is -3.76. The van der Waals surface area contributed by atoms with E-state index in [0.29, 0.717) is 6.07 Å². The summed E-state index contributed by atoms with van der Waals surface area (Å²) in [5.41, 5.74) is -2.11. The Kier molecular flexibility index (Phi) is 6.56. The van der Waals surface area contributed by atoms with Gasteiger partial charge in [0, 0.05) is 25.5 Å². The number of oxazole rings is 1. The first-order valence-electron chi connectivity index (χ1n) is 9.22. The molecule has 1 heterocycles. The third-order valence-electron chi connectivity index (χ3n) is 4.25. The molecular formula is C21H16F5N3O3. The number of anilines is 2. The zero-order chi connectivity index (χ0) is 23.5. The van der Waals surface area contributed by atoms with Crippen LogP contribution in [0.15, 0.2) is 47.0 Å². The number of rotatable bonds is 6. The molecule has 6 nitrogen and oxygen atoms in total. The van der Waals surface area contributed by atoms with Crippen molar-refractivity contribution < 1.29 is 36.0 Å². The van der Waals surface area contributed by atoms with Gasteiger partial charge in [0.15, 0.2) is 11.7 Å². The number of alkyl halides is 3. The molecule has 3 aromatic rings. The summed E-state index contributed by atoms with van der Waals surface area (Å²) < 4.78 is 73.0. The summed E-state index contributed by atoms with van der Waals surface area (Å²) in [4.78, 5) is 27.1. The first kappa shape index (κ1) is 22.9. The highest BCUT2D eigenvalue weighted by molar-refractivity contribution is 5.93. The van der Waals surface area contributed by atoms with Crippen LogP contribution in [0.25, 0.3) is 11.3 Å². The maximum absolute atomic E-state index is 13.8. The zero-order valence-corrected chi connectivity index (χ0v) is 16.5. The minimum atomic E-state index is -4.78. The molecule has 0 fully saturated rings. The second-order valence-corrected chi connectivity index (χ2v) is 6.70. The minimum Gasteiger partial charge on any atom is -0.441 e. The molecule has 0 saturated carbocycles. The first-order valence-corrected chi connectivity index (χ1v) is 9.22. The summed E-state index contributed by atoms with van der Waals surface area (Å²) in [7, 11) is 0. The Morgan fingerprint density at radius 1 is 1.06 bits per heavy atom. The third kappa shape index (κ3) is 5.48. The molecule has 3 rings (SSSR count). The maximum atomic E-state index is 13.8. The second kappa shape index (κ2) is 9.16. The van der Waals surface area contributed by atoms with E-state index in [2.05, 4.69) is 15.6 Å². The monoisotopic (exact) mass is 453 g/mol. The van der Waals surface area contributed by atoms with E-state index in [1.54, 1.807) is 0 Å². The van der Waals surface area contributed by atoms with Gasteiger partial charge in [0.1, 0.15) is 11.6 Å². The first-order chi connectivity index (χ1) is 15.0. The van der Waals surface area contributed by atoms with E-state index in [-0.39, 0.29) is 30.2 Å². The molecule has 2 N–H and O–H groups in total.